The van der Waals surface area contributed by atoms with Crippen LogP contribution in [0.15, 0.2) is 54.6 Å². The highest BCUT2D eigenvalue weighted by Crippen LogP contribution is 2.20. The molecule has 0 N–H and O–H groups in total. The monoisotopic (exact) mass is 361 g/mol. The second-order valence-corrected chi connectivity index (χ2v) is 7.36. The van der Waals surface area contributed by atoms with Crippen molar-refractivity contribution in [2.75, 3.05) is 31.1 Å². The molecule has 0 amide bonds. The lowest BCUT2D eigenvalue weighted by molar-refractivity contribution is 0.103. The van der Waals surface area contributed by atoms with Gasteiger partial charge in [0.1, 0.15) is 0 Å². The number of ketones is 1. The topological polar surface area (TPSA) is 20.3 Å². The van der Waals surface area contributed by atoms with Gasteiger partial charge in [0.15, 0.2) is 5.78 Å². The van der Waals surface area contributed by atoms with E-state index in [1.165, 1.54) is 30.2 Å². The van der Waals surface area contributed by atoms with Crippen LogP contribution in [0, 0.1) is 0 Å². The van der Waals surface area contributed by atoms with Crippen LogP contribution in [0.5, 0.6) is 0 Å². The average molecular weight is 362 g/mol. The molecule has 0 bridgehead atoms. The van der Waals surface area contributed by atoms with Crippen molar-refractivity contribution in [1.29, 1.82) is 0 Å². The van der Waals surface area contributed by atoms with Crippen LogP contribution < -0.4 is 0 Å². The largest absolute Gasteiger partial charge is 0.301 e. The SMILES string of the molecule is CC(CN1CCSCC1)c1ccc(C(=O)c2ccccc2)cc1.Cl. The van der Waals surface area contributed by atoms with Crippen LogP contribution in [-0.4, -0.2) is 41.8 Å². The van der Waals surface area contributed by atoms with Gasteiger partial charge in [-0.05, 0) is 11.5 Å². The Morgan fingerprint density at radius 2 is 1.58 bits per heavy atom. The van der Waals surface area contributed by atoms with Gasteiger partial charge in [0.25, 0.3) is 0 Å². The van der Waals surface area contributed by atoms with Crippen molar-refractivity contribution in [3.8, 4) is 0 Å². The van der Waals surface area contributed by atoms with E-state index in [4.69, 9.17) is 0 Å². The summed E-state index contributed by atoms with van der Waals surface area (Å²) in [5, 5.41) is 0. The fourth-order valence-electron chi connectivity index (χ4n) is 3.00. The van der Waals surface area contributed by atoms with E-state index in [1.807, 2.05) is 54.2 Å². The molecule has 128 valence electrons. The number of nitrogens with zero attached hydrogens (tertiary/aromatic N) is 1. The molecule has 2 aromatic carbocycles. The molecule has 0 spiro atoms. The van der Waals surface area contributed by atoms with Crippen molar-refractivity contribution in [3.63, 3.8) is 0 Å². The maximum absolute atomic E-state index is 12.4. The van der Waals surface area contributed by atoms with Gasteiger partial charge in [-0.15, -0.1) is 12.4 Å². The predicted octanol–water partition coefficient (Wildman–Crippen LogP) is 4.49. The van der Waals surface area contributed by atoms with Gasteiger partial charge >= 0.3 is 0 Å². The van der Waals surface area contributed by atoms with E-state index in [0.717, 1.165) is 17.7 Å². The number of thioether (sulfide) groups is 1. The third kappa shape index (κ3) is 4.85. The summed E-state index contributed by atoms with van der Waals surface area (Å²) in [7, 11) is 0. The van der Waals surface area contributed by atoms with Crippen molar-refractivity contribution < 1.29 is 4.79 Å². The molecular weight excluding hydrogens is 338 g/mol. The molecule has 0 radical (unpaired) electrons. The molecule has 1 aliphatic rings. The summed E-state index contributed by atoms with van der Waals surface area (Å²) in [6.45, 7) is 5.77. The first-order valence-corrected chi connectivity index (χ1v) is 9.39. The van der Waals surface area contributed by atoms with E-state index in [2.05, 4.69) is 24.0 Å². The van der Waals surface area contributed by atoms with Crippen LogP contribution in [-0.2, 0) is 0 Å². The lowest BCUT2D eigenvalue weighted by atomic mass is 9.96. The molecule has 1 atom stereocenters. The Kier molecular flexibility index (Phi) is 7.35. The first-order valence-electron chi connectivity index (χ1n) is 8.24. The Morgan fingerprint density at radius 1 is 1.00 bits per heavy atom. The Balaban J connectivity index is 0.00000208. The van der Waals surface area contributed by atoms with Crippen molar-refractivity contribution in [2.24, 2.45) is 0 Å². The molecule has 0 aromatic heterocycles. The van der Waals surface area contributed by atoms with E-state index in [1.54, 1.807) is 0 Å². The predicted molar refractivity (Wildman–Crippen MR) is 106 cm³/mol. The number of hydrogen-bond donors (Lipinski definition) is 0. The molecule has 1 heterocycles. The zero-order valence-corrected chi connectivity index (χ0v) is 15.6. The van der Waals surface area contributed by atoms with Gasteiger partial charge in [0.2, 0.25) is 0 Å². The molecule has 1 aliphatic heterocycles. The Bertz CT molecular complexity index is 638. The molecule has 0 aliphatic carbocycles. The quantitative estimate of drug-likeness (QED) is 0.732. The van der Waals surface area contributed by atoms with Crippen LogP contribution in [0.4, 0.5) is 0 Å². The lowest BCUT2D eigenvalue weighted by Gasteiger charge is -2.29. The number of carbonyl (C=O) groups is 1. The van der Waals surface area contributed by atoms with Crippen molar-refractivity contribution >= 4 is 30.0 Å². The summed E-state index contributed by atoms with van der Waals surface area (Å²) in [5.41, 5.74) is 2.83. The normalized spacial score (nSPS) is 16.2. The zero-order chi connectivity index (χ0) is 16.1. The molecule has 1 fully saturated rings. The number of hydrogen-bond acceptors (Lipinski definition) is 3. The molecule has 2 nitrogen and oxygen atoms in total. The van der Waals surface area contributed by atoms with Crippen LogP contribution in [0.2, 0.25) is 0 Å². The fourth-order valence-corrected chi connectivity index (χ4v) is 3.97. The second-order valence-electron chi connectivity index (χ2n) is 6.13. The number of benzene rings is 2. The maximum Gasteiger partial charge on any atom is 0.193 e. The van der Waals surface area contributed by atoms with Crippen molar-refractivity contribution in [3.05, 3.63) is 71.3 Å². The molecule has 1 unspecified atom stereocenters. The standard InChI is InChI=1S/C20H23NOS.ClH/c1-16(15-21-11-13-23-14-12-21)17-7-9-19(10-8-17)20(22)18-5-3-2-4-6-18;/h2-10,16H,11-15H2,1H3;1H. The third-order valence-corrected chi connectivity index (χ3v) is 5.36. The first kappa shape index (κ1) is 19.0. The molecular formula is C20H24ClNOS. The van der Waals surface area contributed by atoms with Gasteiger partial charge in [-0.1, -0.05) is 61.5 Å². The minimum Gasteiger partial charge on any atom is -0.301 e. The van der Waals surface area contributed by atoms with Gasteiger partial charge in [-0.25, -0.2) is 0 Å². The van der Waals surface area contributed by atoms with Crippen molar-refractivity contribution in [2.45, 2.75) is 12.8 Å². The highest BCUT2D eigenvalue weighted by atomic mass is 35.5. The minimum absolute atomic E-state index is 0. The minimum atomic E-state index is 0. The van der Waals surface area contributed by atoms with E-state index in [-0.39, 0.29) is 18.2 Å². The molecule has 2 aromatic rings. The smallest absolute Gasteiger partial charge is 0.193 e. The molecule has 3 rings (SSSR count). The van der Waals surface area contributed by atoms with Crippen molar-refractivity contribution in [1.82, 2.24) is 4.90 Å². The number of rotatable bonds is 5. The number of carbonyl (C=O) groups excluding carboxylic acids is 1. The van der Waals surface area contributed by atoms with E-state index in [0.29, 0.717) is 5.92 Å². The molecule has 4 heteroatoms. The number of halogens is 1. The fraction of sp³-hybridized carbons (Fsp3) is 0.350. The van der Waals surface area contributed by atoms with Crippen LogP contribution in [0.25, 0.3) is 0 Å². The summed E-state index contributed by atoms with van der Waals surface area (Å²) < 4.78 is 0. The lowest BCUT2D eigenvalue weighted by Crippen LogP contribution is -2.35. The van der Waals surface area contributed by atoms with E-state index < -0.39 is 0 Å². The van der Waals surface area contributed by atoms with Gasteiger partial charge in [0.05, 0.1) is 0 Å². The second kappa shape index (κ2) is 9.26. The summed E-state index contributed by atoms with van der Waals surface area (Å²) >= 11 is 2.05. The first-order chi connectivity index (χ1) is 11.2. The Morgan fingerprint density at radius 3 is 2.21 bits per heavy atom. The zero-order valence-electron chi connectivity index (χ0n) is 14.0. The Hall–Kier alpha value is -1.29. The average Bonchev–Trinajstić information content (AvgIpc) is 2.63. The van der Waals surface area contributed by atoms with Gasteiger partial charge < -0.3 is 4.90 Å². The molecule has 1 saturated heterocycles. The van der Waals surface area contributed by atoms with E-state index >= 15 is 0 Å². The van der Waals surface area contributed by atoms with Gasteiger partial charge in [-0.2, -0.15) is 11.8 Å². The highest BCUT2D eigenvalue weighted by molar-refractivity contribution is 7.99. The molecule has 0 saturated carbocycles. The highest BCUT2D eigenvalue weighted by Gasteiger charge is 2.15. The maximum atomic E-state index is 12.4. The summed E-state index contributed by atoms with van der Waals surface area (Å²) in [4.78, 5) is 15.0. The van der Waals surface area contributed by atoms with Crippen LogP contribution >= 0.6 is 24.2 Å². The summed E-state index contributed by atoms with van der Waals surface area (Å²) in [5.74, 6) is 3.09. The molecule has 24 heavy (non-hydrogen) atoms. The summed E-state index contributed by atoms with van der Waals surface area (Å²) in [6, 6.07) is 17.6. The van der Waals surface area contributed by atoms with Gasteiger partial charge in [0, 0.05) is 42.3 Å². The third-order valence-electron chi connectivity index (χ3n) is 4.41. The van der Waals surface area contributed by atoms with Crippen LogP contribution in [0.1, 0.15) is 34.3 Å². The van der Waals surface area contributed by atoms with Gasteiger partial charge in [-0.3, -0.25) is 4.79 Å². The van der Waals surface area contributed by atoms with E-state index in [9.17, 15) is 4.79 Å². The van der Waals surface area contributed by atoms with Crippen LogP contribution in [0.3, 0.4) is 0 Å². The summed E-state index contributed by atoms with van der Waals surface area (Å²) in [6.07, 6.45) is 0. The Labute approximate surface area is 155 Å².